The van der Waals surface area contributed by atoms with Crippen LogP contribution in [0.15, 0.2) is 89.8 Å². The van der Waals surface area contributed by atoms with Gasteiger partial charge in [-0.2, -0.15) is 0 Å². The number of hydrogen-bond donors (Lipinski definition) is 0. The lowest BCUT2D eigenvalue weighted by molar-refractivity contribution is 0.0104. The second-order valence-electron chi connectivity index (χ2n) is 13.1. The molecule has 0 radical (unpaired) electrons. The van der Waals surface area contributed by atoms with Crippen LogP contribution in [0.25, 0.3) is 0 Å². The molecule has 7 nitrogen and oxygen atoms in total. The van der Waals surface area contributed by atoms with Crippen LogP contribution in [0.1, 0.15) is 62.6 Å². The first-order valence-electron chi connectivity index (χ1n) is 15.3. The third kappa shape index (κ3) is 7.31. The van der Waals surface area contributed by atoms with Gasteiger partial charge in [-0.15, -0.1) is 0 Å². The quantitative estimate of drug-likeness (QED) is 0.304. The van der Waals surface area contributed by atoms with Gasteiger partial charge < -0.3 is 14.5 Å². The molecule has 2 heterocycles. The maximum absolute atomic E-state index is 13.3. The van der Waals surface area contributed by atoms with Crippen molar-refractivity contribution in [3.05, 3.63) is 102 Å². The highest BCUT2D eigenvalue weighted by atomic mass is 32.2. The molecule has 3 aromatic rings. The van der Waals surface area contributed by atoms with E-state index in [4.69, 9.17) is 4.74 Å². The van der Waals surface area contributed by atoms with Gasteiger partial charge in [0, 0.05) is 32.1 Å². The molecule has 0 N–H and O–H groups in total. The molecular formula is C35H45N3O4S. The number of piperidine rings is 1. The highest BCUT2D eigenvalue weighted by molar-refractivity contribution is 7.89. The minimum absolute atomic E-state index is 0.0682. The molecule has 1 fully saturated rings. The zero-order chi connectivity index (χ0) is 30.7. The molecule has 0 saturated carbocycles. The minimum atomic E-state index is -3.58. The van der Waals surface area contributed by atoms with E-state index < -0.39 is 15.6 Å². The Hall–Kier alpha value is -3.20. The average molecular weight is 604 g/mol. The van der Waals surface area contributed by atoms with Crippen molar-refractivity contribution in [3.63, 3.8) is 0 Å². The average Bonchev–Trinajstić information content (AvgIpc) is 3.00. The molecular weight excluding hydrogens is 558 g/mol. The normalized spacial score (nSPS) is 17.9. The second-order valence-corrected chi connectivity index (χ2v) is 15.2. The molecule has 2 aliphatic heterocycles. The summed E-state index contributed by atoms with van der Waals surface area (Å²) >= 11 is 0. The van der Waals surface area contributed by atoms with Gasteiger partial charge in [0.1, 0.15) is 5.60 Å². The van der Waals surface area contributed by atoms with Crippen LogP contribution in [0.2, 0.25) is 0 Å². The second kappa shape index (κ2) is 12.8. The number of amides is 1. The molecule has 5 rings (SSSR count). The van der Waals surface area contributed by atoms with E-state index in [2.05, 4.69) is 41.3 Å². The Labute approximate surface area is 257 Å². The lowest BCUT2D eigenvalue weighted by Gasteiger charge is -2.48. The third-order valence-electron chi connectivity index (χ3n) is 8.90. The smallest absolute Gasteiger partial charge is 0.410 e. The Kier molecular flexibility index (Phi) is 9.30. The first-order valence-corrected chi connectivity index (χ1v) is 16.8. The van der Waals surface area contributed by atoms with Crippen LogP contribution >= 0.6 is 0 Å². The summed E-state index contributed by atoms with van der Waals surface area (Å²) in [6.45, 7) is 10.1. The van der Waals surface area contributed by atoms with Gasteiger partial charge >= 0.3 is 6.09 Å². The molecule has 3 aromatic carbocycles. The van der Waals surface area contributed by atoms with Gasteiger partial charge in [-0.05, 0) is 94.4 Å². The third-order valence-corrected chi connectivity index (χ3v) is 10.7. The summed E-state index contributed by atoms with van der Waals surface area (Å²) in [4.78, 5) is 17.8. The summed E-state index contributed by atoms with van der Waals surface area (Å²) in [6.07, 6.45) is 2.53. The highest BCUT2D eigenvalue weighted by Crippen LogP contribution is 2.42. The van der Waals surface area contributed by atoms with Gasteiger partial charge in [0.15, 0.2) is 0 Å². The van der Waals surface area contributed by atoms with E-state index in [1.807, 2.05) is 49.9 Å². The highest BCUT2D eigenvalue weighted by Gasteiger charge is 2.44. The van der Waals surface area contributed by atoms with Crippen LogP contribution in [-0.2, 0) is 26.7 Å². The van der Waals surface area contributed by atoms with Crippen molar-refractivity contribution >= 4 is 16.1 Å². The number of ether oxygens (including phenoxy) is 1. The predicted molar refractivity (Wildman–Crippen MR) is 170 cm³/mol. The molecule has 0 bridgehead atoms. The van der Waals surface area contributed by atoms with E-state index in [9.17, 15) is 13.2 Å². The van der Waals surface area contributed by atoms with Crippen molar-refractivity contribution in [1.82, 2.24) is 14.1 Å². The van der Waals surface area contributed by atoms with Crippen LogP contribution in [0.5, 0.6) is 0 Å². The standard InChI is InChI=1S/C35H45N3O4S/c1-34(2,3)42-33(39)38-26-30-15-11-12-18-32(30)35(27-38)20-23-37(24-21-35)22-19-29(28-13-7-5-8-14-28)25-36(4)43(40,41)31-16-9-6-10-17-31/h5-18,29H,19-27H2,1-4H3. The number of likely N-dealkylation sites (tertiary alicyclic amines) is 1. The fourth-order valence-corrected chi connectivity index (χ4v) is 7.82. The molecule has 0 aromatic heterocycles. The molecule has 1 spiro atoms. The minimum Gasteiger partial charge on any atom is -0.444 e. The summed E-state index contributed by atoms with van der Waals surface area (Å²) in [7, 11) is -1.90. The van der Waals surface area contributed by atoms with Crippen molar-refractivity contribution in [3.8, 4) is 0 Å². The van der Waals surface area contributed by atoms with E-state index in [0.29, 0.717) is 24.5 Å². The molecule has 1 amide bonds. The van der Waals surface area contributed by atoms with E-state index in [1.54, 1.807) is 31.3 Å². The number of hydrogen-bond acceptors (Lipinski definition) is 5. The van der Waals surface area contributed by atoms with Gasteiger partial charge in [0.05, 0.1) is 4.90 Å². The molecule has 1 unspecified atom stereocenters. The zero-order valence-electron chi connectivity index (χ0n) is 25.9. The van der Waals surface area contributed by atoms with E-state index in [-0.39, 0.29) is 17.4 Å². The summed E-state index contributed by atoms with van der Waals surface area (Å²) in [5.74, 6) is 0.0682. The van der Waals surface area contributed by atoms with Crippen LogP contribution in [-0.4, -0.2) is 74.0 Å². The van der Waals surface area contributed by atoms with Crippen LogP contribution in [0.4, 0.5) is 4.79 Å². The first-order chi connectivity index (χ1) is 20.5. The summed E-state index contributed by atoms with van der Waals surface area (Å²) < 4.78 is 33.9. The van der Waals surface area contributed by atoms with Crippen LogP contribution in [0, 0.1) is 0 Å². The number of carbonyl (C=O) groups excluding carboxylic acids is 1. The van der Waals surface area contributed by atoms with Crippen molar-refractivity contribution in [2.75, 3.05) is 39.8 Å². The molecule has 230 valence electrons. The molecule has 8 heteroatoms. The van der Waals surface area contributed by atoms with Crippen molar-refractivity contribution < 1.29 is 17.9 Å². The Bertz CT molecular complexity index is 1480. The Morgan fingerprint density at radius 1 is 0.930 bits per heavy atom. The van der Waals surface area contributed by atoms with Crippen LogP contribution < -0.4 is 0 Å². The topological polar surface area (TPSA) is 70.2 Å². The molecule has 1 saturated heterocycles. The summed E-state index contributed by atoms with van der Waals surface area (Å²) in [6, 6.07) is 27.5. The predicted octanol–water partition coefficient (Wildman–Crippen LogP) is 6.27. The molecule has 2 aliphatic rings. The van der Waals surface area contributed by atoms with Gasteiger partial charge in [-0.1, -0.05) is 72.8 Å². The van der Waals surface area contributed by atoms with Crippen molar-refractivity contribution in [2.45, 2.75) is 68.4 Å². The number of fused-ring (bicyclic) bond motifs is 2. The SMILES string of the molecule is CN(CC(CCN1CCC2(CC1)CN(C(=O)OC(C)(C)C)Cc1ccccc12)c1ccccc1)S(=O)(=O)c1ccccc1. The van der Waals surface area contributed by atoms with Gasteiger partial charge in [-0.25, -0.2) is 17.5 Å². The zero-order valence-corrected chi connectivity index (χ0v) is 26.7. The van der Waals surface area contributed by atoms with Gasteiger partial charge in [0.25, 0.3) is 0 Å². The lowest BCUT2D eigenvalue weighted by atomic mass is 9.69. The number of carbonyl (C=O) groups is 1. The number of rotatable bonds is 8. The number of nitrogens with zero attached hydrogens (tertiary/aromatic N) is 3. The molecule has 1 atom stereocenters. The van der Waals surface area contributed by atoms with Crippen molar-refractivity contribution in [2.24, 2.45) is 0 Å². The molecule has 0 aliphatic carbocycles. The Balaban J connectivity index is 1.27. The Morgan fingerprint density at radius 3 is 2.19 bits per heavy atom. The number of likely N-dealkylation sites (N-methyl/N-ethyl adjacent to an activating group) is 1. The summed E-state index contributed by atoms with van der Waals surface area (Å²) in [5, 5.41) is 0. The lowest BCUT2D eigenvalue weighted by Crippen LogP contribution is -2.54. The summed E-state index contributed by atoms with van der Waals surface area (Å²) in [5.41, 5.74) is 3.10. The van der Waals surface area contributed by atoms with E-state index >= 15 is 0 Å². The van der Waals surface area contributed by atoms with E-state index in [0.717, 1.165) is 44.5 Å². The maximum Gasteiger partial charge on any atom is 0.410 e. The number of benzene rings is 3. The monoisotopic (exact) mass is 603 g/mol. The fourth-order valence-electron chi connectivity index (χ4n) is 6.58. The largest absolute Gasteiger partial charge is 0.444 e. The van der Waals surface area contributed by atoms with Crippen LogP contribution in [0.3, 0.4) is 0 Å². The van der Waals surface area contributed by atoms with Gasteiger partial charge in [0.2, 0.25) is 10.0 Å². The van der Waals surface area contributed by atoms with Gasteiger partial charge in [-0.3, -0.25) is 0 Å². The maximum atomic E-state index is 13.3. The Morgan fingerprint density at radius 2 is 1.53 bits per heavy atom. The number of sulfonamides is 1. The fraction of sp³-hybridized carbons (Fsp3) is 0.457. The first kappa shape index (κ1) is 31.2. The van der Waals surface area contributed by atoms with E-state index in [1.165, 1.54) is 15.4 Å². The van der Waals surface area contributed by atoms with Crippen molar-refractivity contribution in [1.29, 1.82) is 0 Å². The molecule has 43 heavy (non-hydrogen) atoms.